The van der Waals surface area contributed by atoms with E-state index in [9.17, 15) is 9.59 Å². The largest absolute Gasteiger partial charge is 0.480 e. The molecular weight excluding hydrogens is 242 g/mol. The Morgan fingerprint density at radius 1 is 1.41 bits per heavy atom. The minimum Gasteiger partial charge on any atom is -0.480 e. The standard InChI is InChI=1S/C11H21NO4S/c1-5-6-17-7-8(9(13)14)12-10(15)16-11(2,3)4/h8H,5-7H2,1-4H3,(H,12,15)(H,13,14). The van der Waals surface area contributed by atoms with Crippen LogP contribution < -0.4 is 5.32 Å². The Labute approximate surface area is 106 Å². The number of carbonyl (C=O) groups is 2. The topological polar surface area (TPSA) is 75.6 Å². The Morgan fingerprint density at radius 3 is 2.41 bits per heavy atom. The van der Waals surface area contributed by atoms with E-state index in [1.165, 1.54) is 11.8 Å². The molecule has 0 aromatic heterocycles. The number of alkyl carbamates (subject to hydrolysis) is 1. The highest BCUT2D eigenvalue weighted by Gasteiger charge is 2.23. The molecule has 0 aliphatic carbocycles. The second-order valence-electron chi connectivity index (χ2n) is 4.61. The highest BCUT2D eigenvalue weighted by atomic mass is 32.2. The molecule has 17 heavy (non-hydrogen) atoms. The molecule has 0 aromatic rings. The highest BCUT2D eigenvalue weighted by molar-refractivity contribution is 7.99. The number of aliphatic carboxylic acids is 1. The monoisotopic (exact) mass is 263 g/mol. The van der Waals surface area contributed by atoms with Crippen LogP contribution in [0.2, 0.25) is 0 Å². The van der Waals surface area contributed by atoms with Crippen LogP contribution in [0.1, 0.15) is 34.1 Å². The molecule has 0 heterocycles. The van der Waals surface area contributed by atoms with Gasteiger partial charge in [-0.15, -0.1) is 0 Å². The summed E-state index contributed by atoms with van der Waals surface area (Å²) < 4.78 is 5.00. The second-order valence-corrected chi connectivity index (χ2v) is 5.76. The molecule has 0 bridgehead atoms. The van der Waals surface area contributed by atoms with Crippen molar-refractivity contribution in [2.24, 2.45) is 0 Å². The molecule has 0 radical (unpaired) electrons. The fourth-order valence-electron chi connectivity index (χ4n) is 0.970. The summed E-state index contributed by atoms with van der Waals surface area (Å²) >= 11 is 1.50. The summed E-state index contributed by atoms with van der Waals surface area (Å²) in [6, 6.07) is -0.901. The predicted molar refractivity (Wildman–Crippen MR) is 68.4 cm³/mol. The first-order valence-corrected chi connectivity index (χ1v) is 6.71. The van der Waals surface area contributed by atoms with Crippen molar-refractivity contribution in [3.05, 3.63) is 0 Å². The maximum atomic E-state index is 11.4. The number of ether oxygens (including phenoxy) is 1. The third-order valence-electron chi connectivity index (χ3n) is 1.62. The van der Waals surface area contributed by atoms with E-state index in [0.29, 0.717) is 5.75 Å². The Hall–Kier alpha value is -0.910. The van der Waals surface area contributed by atoms with Crippen LogP contribution >= 0.6 is 11.8 Å². The number of nitrogens with one attached hydrogen (secondary N) is 1. The summed E-state index contributed by atoms with van der Waals surface area (Å²) in [7, 11) is 0. The van der Waals surface area contributed by atoms with Crippen molar-refractivity contribution in [3.8, 4) is 0 Å². The molecule has 0 rings (SSSR count). The molecule has 0 aliphatic heterocycles. The van der Waals surface area contributed by atoms with Gasteiger partial charge < -0.3 is 15.2 Å². The highest BCUT2D eigenvalue weighted by Crippen LogP contribution is 2.09. The normalized spacial score (nSPS) is 12.9. The molecule has 0 fully saturated rings. The van der Waals surface area contributed by atoms with Gasteiger partial charge in [-0.05, 0) is 32.9 Å². The van der Waals surface area contributed by atoms with E-state index in [4.69, 9.17) is 9.84 Å². The molecule has 0 aliphatic rings. The maximum absolute atomic E-state index is 11.4. The number of carboxylic acid groups (broad SMARTS) is 1. The molecule has 1 atom stereocenters. The van der Waals surface area contributed by atoms with Crippen molar-refractivity contribution in [2.75, 3.05) is 11.5 Å². The van der Waals surface area contributed by atoms with Crippen LogP contribution in [0.5, 0.6) is 0 Å². The quantitative estimate of drug-likeness (QED) is 0.718. The number of hydrogen-bond donors (Lipinski definition) is 2. The van der Waals surface area contributed by atoms with E-state index in [-0.39, 0.29) is 0 Å². The smallest absolute Gasteiger partial charge is 0.408 e. The lowest BCUT2D eigenvalue weighted by molar-refractivity contribution is -0.138. The first kappa shape index (κ1) is 16.1. The summed E-state index contributed by atoms with van der Waals surface area (Å²) in [5.74, 6) is 0.182. The summed E-state index contributed by atoms with van der Waals surface area (Å²) in [6.45, 7) is 7.21. The minimum atomic E-state index is -1.04. The zero-order valence-corrected chi connectivity index (χ0v) is 11.6. The molecule has 5 nitrogen and oxygen atoms in total. The van der Waals surface area contributed by atoms with Gasteiger partial charge in [0.05, 0.1) is 0 Å². The van der Waals surface area contributed by atoms with Gasteiger partial charge in [0, 0.05) is 5.75 Å². The van der Waals surface area contributed by atoms with E-state index < -0.39 is 23.7 Å². The SMILES string of the molecule is CCCSCC(NC(=O)OC(C)(C)C)C(=O)O. The van der Waals surface area contributed by atoms with E-state index in [2.05, 4.69) is 5.32 Å². The molecule has 2 N–H and O–H groups in total. The van der Waals surface area contributed by atoms with Crippen molar-refractivity contribution < 1.29 is 19.4 Å². The van der Waals surface area contributed by atoms with Gasteiger partial charge in [0.2, 0.25) is 0 Å². The van der Waals surface area contributed by atoms with Gasteiger partial charge in [-0.25, -0.2) is 9.59 Å². The lowest BCUT2D eigenvalue weighted by Gasteiger charge is -2.21. The molecule has 100 valence electrons. The van der Waals surface area contributed by atoms with Gasteiger partial charge in [0.15, 0.2) is 0 Å². The Morgan fingerprint density at radius 2 is 2.00 bits per heavy atom. The minimum absolute atomic E-state index is 0.350. The van der Waals surface area contributed by atoms with E-state index in [1.54, 1.807) is 20.8 Å². The predicted octanol–water partition coefficient (Wildman–Crippen LogP) is 2.11. The fourth-order valence-corrected chi connectivity index (χ4v) is 1.89. The average Bonchev–Trinajstić information content (AvgIpc) is 2.13. The Kier molecular flexibility index (Phi) is 7.03. The third-order valence-corrected chi connectivity index (χ3v) is 2.89. The van der Waals surface area contributed by atoms with Gasteiger partial charge in [-0.3, -0.25) is 0 Å². The number of thioether (sulfide) groups is 1. The number of carbonyl (C=O) groups excluding carboxylic acids is 1. The fraction of sp³-hybridized carbons (Fsp3) is 0.818. The van der Waals surface area contributed by atoms with Gasteiger partial charge >= 0.3 is 12.1 Å². The van der Waals surface area contributed by atoms with Crippen molar-refractivity contribution in [2.45, 2.75) is 45.8 Å². The lowest BCUT2D eigenvalue weighted by Crippen LogP contribution is -2.45. The van der Waals surface area contributed by atoms with Crippen molar-refractivity contribution in [1.29, 1.82) is 0 Å². The molecule has 0 aromatic carbocycles. The molecule has 6 heteroatoms. The van der Waals surface area contributed by atoms with Crippen LogP contribution in [-0.2, 0) is 9.53 Å². The summed E-state index contributed by atoms with van der Waals surface area (Å²) in [5, 5.41) is 11.3. The van der Waals surface area contributed by atoms with Crippen molar-refractivity contribution in [1.82, 2.24) is 5.32 Å². The lowest BCUT2D eigenvalue weighted by atomic mass is 10.2. The van der Waals surface area contributed by atoms with Gasteiger partial charge in [-0.1, -0.05) is 6.92 Å². The third kappa shape index (κ3) is 8.85. The van der Waals surface area contributed by atoms with Crippen LogP contribution in [0.4, 0.5) is 4.79 Å². The van der Waals surface area contributed by atoms with E-state index in [1.807, 2.05) is 6.92 Å². The van der Waals surface area contributed by atoms with Crippen LogP contribution in [0.3, 0.4) is 0 Å². The van der Waals surface area contributed by atoms with Crippen molar-refractivity contribution >= 4 is 23.8 Å². The Balaban J connectivity index is 4.16. The molecule has 1 unspecified atom stereocenters. The van der Waals surface area contributed by atoms with Gasteiger partial charge in [0.25, 0.3) is 0 Å². The Bertz CT molecular complexity index is 263. The molecule has 1 amide bonds. The maximum Gasteiger partial charge on any atom is 0.408 e. The molecule has 0 saturated heterocycles. The van der Waals surface area contributed by atoms with Crippen molar-refractivity contribution in [3.63, 3.8) is 0 Å². The molecule has 0 saturated carbocycles. The summed E-state index contributed by atoms with van der Waals surface area (Å²) in [4.78, 5) is 22.3. The average molecular weight is 263 g/mol. The van der Waals surface area contributed by atoms with Gasteiger partial charge in [-0.2, -0.15) is 11.8 Å². The zero-order valence-electron chi connectivity index (χ0n) is 10.8. The number of hydrogen-bond acceptors (Lipinski definition) is 4. The number of amides is 1. The van der Waals surface area contributed by atoms with Crippen LogP contribution in [0.15, 0.2) is 0 Å². The number of carboxylic acids is 1. The zero-order chi connectivity index (χ0) is 13.5. The number of rotatable bonds is 6. The van der Waals surface area contributed by atoms with Gasteiger partial charge in [0.1, 0.15) is 11.6 Å². The van der Waals surface area contributed by atoms with E-state index in [0.717, 1.165) is 12.2 Å². The second kappa shape index (κ2) is 7.42. The molecule has 0 spiro atoms. The van der Waals surface area contributed by atoms with Crippen LogP contribution in [0, 0.1) is 0 Å². The van der Waals surface area contributed by atoms with E-state index >= 15 is 0 Å². The van der Waals surface area contributed by atoms with Crippen LogP contribution in [-0.4, -0.2) is 40.3 Å². The first-order valence-electron chi connectivity index (χ1n) is 5.56. The first-order chi connectivity index (χ1) is 7.76. The van der Waals surface area contributed by atoms with Crippen LogP contribution in [0.25, 0.3) is 0 Å². The molecular formula is C11H21NO4S. The summed E-state index contributed by atoms with van der Waals surface area (Å²) in [6.07, 6.45) is 0.283. The summed E-state index contributed by atoms with van der Waals surface area (Å²) in [5.41, 5.74) is -0.621.